The Balaban J connectivity index is 1.52. The number of hydrogen-bond donors (Lipinski definition) is 1. The van der Waals surface area contributed by atoms with Gasteiger partial charge in [-0.1, -0.05) is 6.92 Å². The van der Waals surface area contributed by atoms with E-state index in [9.17, 15) is 0 Å². The zero-order valence-corrected chi connectivity index (χ0v) is 12.3. The summed E-state index contributed by atoms with van der Waals surface area (Å²) in [6.45, 7) is 7.12. The molecule has 2 fully saturated rings. The number of likely N-dealkylation sites (tertiary alicyclic amines) is 1. The molecule has 100 valence electrons. The molecule has 2 heterocycles. The molecule has 0 aromatic carbocycles. The van der Waals surface area contributed by atoms with Crippen molar-refractivity contribution in [2.45, 2.75) is 57.7 Å². The van der Waals surface area contributed by atoms with Gasteiger partial charge in [0.2, 0.25) is 0 Å². The largest absolute Gasteiger partial charge is 0.305 e. The maximum atomic E-state index is 3.81. The van der Waals surface area contributed by atoms with Gasteiger partial charge in [-0.05, 0) is 44.7 Å². The lowest BCUT2D eigenvalue weighted by Crippen LogP contribution is -2.34. The van der Waals surface area contributed by atoms with Gasteiger partial charge < -0.3 is 5.32 Å². The molecule has 3 rings (SSSR count). The highest BCUT2D eigenvalue weighted by molar-refractivity contribution is 7.12. The van der Waals surface area contributed by atoms with Crippen molar-refractivity contribution in [2.75, 3.05) is 13.1 Å². The topological polar surface area (TPSA) is 15.3 Å². The van der Waals surface area contributed by atoms with Crippen molar-refractivity contribution < 1.29 is 0 Å². The minimum atomic E-state index is 0.513. The molecule has 0 amide bonds. The van der Waals surface area contributed by atoms with E-state index in [0.29, 0.717) is 12.1 Å². The van der Waals surface area contributed by atoms with Crippen molar-refractivity contribution in [3.8, 4) is 0 Å². The first-order chi connectivity index (χ1) is 8.76. The molecule has 0 spiro atoms. The Labute approximate surface area is 114 Å². The van der Waals surface area contributed by atoms with Gasteiger partial charge in [0.05, 0.1) is 0 Å². The van der Waals surface area contributed by atoms with Gasteiger partial charge in [-0.15, -0.1) is 11.3 Å². The Kier molecular flexibility index (Phi) is 3.73. The third-order valence-electron chi connectivity index (χ3n) is 4.23. The van der Waals surface area contributed by atoms with Crippen molar-refractivity contribution in [3.63, 3.8) is 0 Å². The second-order valence-electron chi connectivity index (χ2n) is 5.76. The van der Waals surface area contributed by atoms with Crippen LogP contribution in [0.2, 0.25) is 0 Å². The maximum Gasteiger partial charge on any atom is 0.0388 e. The maximum absolute atomic E-state index is 3.81. The van der Waals surface area contributed by atoms with E-state index in [1.54, 1.807) is 0 Å². The molecule has 3 heteroatoms. The van der Waals surface area contributed by atoms with E-state index >= 15 is 0 Å². The fourth-order valence-electron chi connectivity index (χ4n) is 2.95. The minimum absolute atomic E-state index is 0.513. The van der Waals surface area contributed by atoms with Gasteiger partial charge in [0, 0.05) is 41.0 Å². The predicted molar refractivity (Wildman–Crippen MR) is 78.2 cm³/mol. The molecule has 1 aliphatic heterocycles. The van der Waals surface area contributed by atoms with Gasteiger partial charge >= 0.3 is 0 Å². The van der Waals surface area contributed by atoms with Crippen LogP contribution >= 0.6 is 11.3 Å². The first kappa shape index (κ1) is 12.6. The monoisotopic (exact) mass is 264 g/mol. The summed E-state index contributed by atoms with van der Waals surface area (Å²) < 4.78 is 0. The number of thiophene rings is 1. The van der Waals surface area contributed by atoms with Gasteiger partial charge in [0.15, 0.2) is 0 Å². The molecule has 0 radical (unpaired) electrons. The average molecular weight is 264 g/mol. The smallest absolute Gasteiger partial charge is 0.0388 e. The molecule has 1 aliphatic carbocycles. The molecule has 2 aliphatic rings. The van der Waals surface area contributed by atoms with Crippen molar-refractivity contribution in [2.24, 2.45) is 0 Å². The van der Waals surface area contributed by atoms with E-state index in [-0.39, 0.29) is 0 Å². The molecule has 2 unspecified atom stereocenters. The third kappa shape index (κ3) is 2.79. The summed E-state index contributed by atoms with van der Waals surface area (Å²) >= 11 is 1.97. The van der Waals surface area contributed by atoms with Crippen LogP contribution in [0.15, 0.2) is 12.1 Å². The van der Waals surface area contributed by atoms with Gasteiger partial charge in [-0.25, -0.2) is 0 Å². The molecular weight excluding hydrogens is 240 g/mol. The zero-order valence-electron chi connectivity index (χ0n) is 11.5. The number of nitrogens with one attached hydrogen (secondary N) is 1. The lowest BCUT2D eigenvalue weighted by Gasteiger charge is -2.19. The predicted octanol–water partition coefficient (Wildman–Crippen LogP) is 3.20. The van der Waals surface area contributed by atoms with E-state index < -0.39 is 0 Å². The van der Waals surface area contributed by atoms with Crippen LogP contribution in [-0.2, 0) is 6.42 Å². The van der Waals surface area contributed by atoms with Gasteiger partial charge in [-0.3, -0.25) is 4.90 Å². The number of nitrogens with zero attached hydrogens (tertiary/aromatic N) is 1. The number of hydrogen-bond acceptors (Lipinski definition) is 3. The third-order valence-corrected chi connectivity index (χ3v) is 5.64. The molecule has 1 aromatic heterocycles. The van der Waals surface area contributed by atoms with Gasteiger partial charge in [-0.2, -0.15) is 0 Å². The molecule has 2 nitrogen and oxygen atoms in total. The van der Waals surface area contributed by atoms with Crippen LogP contribution in [0.5, 0.6) is 0 Å². The summed E-state index contributed by atoms with van der Waals surface area (Å²) in [5, 5.41) is 3.81. The van der Waals surface area contributed by atoms with Crippen LogP contribution in [0.3, 0.4) is 0 Å². The molecule has 1 aromatic rings. The molecular formula is C15H24N2S. The summed E-state index contributed by atoms with van der Waals surface area (Å²) in [6.07, 6.45) is 5.36. The van der Waals surface area contributed by atoms with E-state index in [1.165, 1.54) is 42.1 Å². The first-order valence-electron chi connectivity index (χ1n) is 7.35. The van der Waals surface area contributed by atoms with E-state index in [0.717, 1.165) is 12.5 Å². The molecule has 0 bridgehead atoms. The quantitative estimate of drug-likeness (QED) is 0.878. The van der Waals surface area contributed by atoms with Crippen molar-refractivity contribution in [3.05, 3.63) is 21.9 Å². The van der Waals surface area contributed by atoms with Crippen LogP contribution in [0.4, 0.5) is 0 Å². The molecule has 2 atom stereocenters. The Morgan fingerprint density at radius 2 is 2.22 bits per heavy atom. The molecule has 1 N–H and O–H groups in total. The van der Waals surface area contributed by atoms with Crippen LogP contribution in [0.1, 0.15) is 48.9 Å². The first-order valence-corrected chi connectivity index (χ1v) is 8.16. The number of rotatable bonds is 5. The number of aryl methyl sites for hydroxylation is 1. The lowest BCUT2D eigenvalue weighted by molar-refractivity contribution is 0.314. The summed E-state index contributed by atoms with van der Waals surface area (Å²) in [4.78, 5) is 5.68. The fourth-order valence-corrected chi connectivity index (χ4v) is 3.91. The summed E-state index contributed by atoms with van der Waals surface area (Å²) in [5.74, 6) is 0. The summed E-state index contributed by atoms with van der Waals surface area (Å²) in [7, 11) is 0. The molecule has 18 heavy (non-hydrogen) atoms. The van der Waals surface area contributed by atoms with Crippen molar-refractivity contribution in [1.82, 2.24) is 10.2 Å². The van der Waals surface area contributed by atoms with Crippen LogP contribution < -0.4 is 5.32 Å². The van der Waals surface area contributed by atoms with Crippen molar-refractivity contribution in [1.29, 1.82) is 0 Å². The van der Waals surface area contributed by atoms with Crippen LogP contribution in [0.25, 0.3) is 0 Å². The molecule has 1 saturated carbocycles. The van der Waals surface area contributed by atoms with E-state index in [4.69, 9.17) is 0 Å². The highest BCUT2D eigenvalue weighted by Crippen LogP contribution is 2.31. The Morgan fingerprint density at radius 1 is 1.39 bits per heavy atom. The standard InChI is InChI=1S/C15H24N2S/c1-3-14-6-7-15(18-14)11(2)16-12-8-9-17(10-12)13-4-5-13/h6-7,11-13,16H,3-5,8-10H2,1-2H3. The minimum Gasteiger partial charge on any atom is -0.305 e. The fraction of sp³-hybridized carbons (Fsp3) is 0.733. The Bertz CT molecular complexity index is 397. The van der Waals surface area contributed by atoms with Crippen LogP contribution in [0, 0.1) is 0 Å². The molecule has 1 saturated heterocycles. The van der Waals surface area contributed by atoms with Crippen LogP contribution in [-0.4, -0.2) is 30.1 Å². The SMILES string of the molecule is CCc1ccc(C(C)NC2CCN(C3CC3)C2)s1. The van der Waals surface area contributed by atoms with Gasteiger partial charge in [0.25, 0.3) is 0 Å². The average Bonchev–Trinajstić information content (AvgIpc) is 2.93. The normalized spacial score (nSPS) is 26.7. The summed E-state index contributed by atoms with van der Waals surface area (Å²) in [6, 6.07) is 6.73. The lowest BCUT2D eigenvalue weighted by atomic mass is 10.2. The second kappa shape index (κ2) is 5.32. The van der Waals surface area contributed by atoms with E-state index in [2.05, 4.69) is 36.2 Å². The Morgan fingerprint density at radius 3 is 2.89 bits per heavy atom. The van der Waals surface area contributed by atoms with Crippen molar-refractivity contribution >= 4 is 11.3 Å². The van der Waals surface area contributed by atoms with E-state index in [1.807, 2.05) is 11.3 Å². The summed E-state index contributed by atoms with van der Waals surface area (Å²) in [5.41, 5.74) is 0. The Hall–Kier alpha value is -0.380. The zero-order chi connectivity index (χ0) is 12.5. The van der Waals surface area contributed by atoms with Gasteiger partial charge in [0.1, 0.15) is 0 Å². The second-order valence-corrected chi connectivity index (χ2v) is 6.96. The highest BCUT2D eigenvalue weighted by atomic mass is 32.1. The highest BCUT2D eigenvalue weighted by Gasteiger charge is 2.34.